The van der Waals surface area contributed by atoms with Gasteiger partial charge in [-0.25, -0.2) is 0 Å². The molecular formula is C51H43NS2. The fourth-order valence-corrected chi connectivity index (χ4v) is 13.6. The topological polar surface area (TPSA) is 3.24 Å². The van der Waals surface area contributed by atoms with Crippen LogP contribution in [0.1, 0.15) is 85.1 Å². The molecule has 4 aromatic rings. The number of hydrogen-bond donors (Lipinski definition) is 0. The van der Waals surface area contributed by atoms with Gasteiger partial charge in [-0.15, -0.1) is 23.1 Å². The normalized spacial score (nSPS) is 25.2. The van der Waals surface area contributed by atoms with Crippen LogP contribution in [0.3, 0.4) is 0 Å². The van der Waals surface area contributed by atoms with Gasteiger partial charge < -0.3 is 4.90 Å². The summed E-state index contributed by atoms with van der Waals surface area (Å²) in [5.74, 6) is 0. The molecule has 1 nitrogen and oxygen atoms in total. The molecule has 3 heterocycles. The lowest BCUT2D eigenvalue weighted by atomic mass is 9.81. The molecule has 0 radical (unpaired) electrons. The Morgan fingerprint density at radius 1 is 0.741 bits per heavy atom. The number of allylic oxidation sites excluding steroid dienone is 12. The molecule has 0 amide bonds. The predicted octanol–water partition coefficient (Wildman–Crippen LogP) is 13.5. The number of thiophene rings is 1. The van der Waals surface area contributed by atoms with Crippen LogP contribution in [0.15, 0.2) is 143 Å². The van der Waals surface area contributed by atoms with E-state index < -0.39 is 0 Å². The summed E-state index contributed by atoms with van der Waals surface area (Å²) in [6.45, 7) is 4.82. The van der Waals surface area contributed by atoms with Crippen molar-refractivity contribution < 1.29 is 0 Å². The van der Waals surface area contributed by atoms with Gasteiger partial charge in [0.1, 0.15) is 0 Å². The highest BCUT2D eigenvalue weighted by molar-refractivity contribution is 8.04. The first-order valence-corrected chi connectivity index (χ1v) is 21.8. The van der Waals surface area contributed by atoms with Gasteiger partial charge in [0.2, 0.25) is 0 Å². The maximum absolute atomic E-state index is 2.76. The van der Waals surface area contributed by atoms with Gasteiger partial charge in [0.15, 0.2) is 0 Å². The third-order valence-corrected chi connectivity index (χ3v) is 16.3. The van der Waals surface area contributed by atoms with Crippen LogP contribution in [0.25, 0.3) is 38.4 Å². The lowest BCUT2D eigenvalue weighted by Crippen LogP contribution is -2.40. The zero-order chi connectivity index (χ0) is 35.7. The fourth-order valence-electron chi connectivity index (χ4n) is 10.9. The highest BCUT2D eigenvalue weighted by atomic mass is 32.2. The van der Waals surface area contributed by atoms with Crippen molar-refractivity contribution in [2.45, 2.75) is 81.5 Å². The number of fused-ring (bicyclic) bond motifs is 11. The van der Waals surface area contributed by atoms with Crippen LogP contribution in [0.5, 0.6) is 0 Å². The smallest absolute Gasteiger partial charge is 0.0590 e. The molecule has 12 rings (SSSR count). The van der Waals surface area contributed by atoms with Gasteiger partial charge in [0.25, 0.3) is 0 Å². The van der Waals surface area contributed by atoms with E-state index in [9.17, 15) is 0 Å². The predicted molar refractivity (Wildman–Crippen MR) is 233 cm³/mol. The Hall–Kier alpha value is -4.57. The van der Waals surface area contributed by atoms with Gasteiger partial charge in [0, 0.05) is 36.9 Å². The summed E-state index contributed by atoms with van der Waals surface area (Å²) in [6, 6.07) is 22.0. The van der Waals surface area contributed by atoms with Crippen LogP contribution in [-0.2, 0) is 11.8 Å². The Kier molecular flexibility index (Phi) is 6.89. The van der Waals surface area contributed by atoms with E-state index >= 15 is 0 Å². The number of anilines is 1. The molecule has 3 heteroatoms. The average Bonchev–Trinajstić information content (AvgIpc) is 3.93. The molecule has 0 saturated heterocycles. The molecular weight excluding hydrogens is 691 g/mol. The van der Waals surface area contributed by atoms with Gasteiger partial charge >= 0.3 is 0 Å². The van der Waals surface area contributed by atoms with Gasteiger partial charge in [0.05, 0.1) is 12.1 Å². The second-order valence-corrected chi connectivity index (χ2v) is 19.2. The minimum atomic E-state index is -0.0105. The summed E-state index contributed by atoms with van der Waals surface area (Å²) in [5.41, 5.74) is 20.4. The van der Waals surface area contributed by atoms with E-state index in [0.29, 0.717) is 17.3 Å². The quantitative estimate of drug-likeness (QED) is 0.206. The molecule has 0 bridgehead atoms. The van der Waals surface area contributed by atoms with Crippen molar-refractivity contribution in [3.63, 3.8) is 0 Å². The minimum absolute atomic E-state index is 0.0105. The molecule has 0 spiro atoms. The first-order chi connectivity index (χ1) is 26.5. The van der Waals surface area contributed by atoms with E-state index in [1.807, 2.05) is 11.3 Å². The van der Waals surface area contributed by atoms with Crippen molar-refractivity contribution in [2.24, 2.45) is 0 Å². The molecule has 6 aliphatic carbocycles. The number of thioether (sulfide) groups is 1. The number of hydrogen-bond acceptors (Lipinski definition) is 3. The van der Waals surface area contributed by atoms with E-state index in [1.165, 1.54) is 95.4 Å². The minimum Gasteiger partial charge on any atom is -0.357 e. The van der Waals surface area contributed by atoms with E-state index in [4.69, 9.17) is 0 Å². The largest absolute Gasteiger partial charge is 0.357 e. The van der Waals surface area contributed by atoms with Crippen molar-refractivity contribution in [3.05, 3.63) is 175 Å². The molecule has 1 aromatic heterocycles. The fraction of sp³-hybridized carbons (Fsp3) is 0.255. The van der Waals surface area contributed by atoms with Gasteiger partial charge in [-0.2, -0.15) is 0 Å². The lowest BCUT2D eigenvalue weighted by molar-refractivity contribution is 0.635. The Morgan fingerprint density at radius 3 is 2.52 bits per heavy atom. The summed E-state index contributed by atoms with van der Waals surface area (Å²) < 4.78 is 1.49. The number of rotatable bonds is 3. The van der Waals surface area contributed by atoms with Gasteiger partial charge in [-0.1, -0.05) is 105 Å². The second-order valence-electron chi connectivity index (χ2n) is 16.8. The Bertz CT molecular complexity index is 2660. The summed E-state index contributed by atoms with van der Waals surface area (Å²) in [6.07, 6.45) is 34.6. The van der Waals surface area contributed by atoms with Crippen LogP contribution in [0.4, 0.5) is 5.69 Å². The molecule has 3 aromatic carbocycles. The third-order valence-electron chi connectivity index (χ3n) is 13.5. The molecule has 8 aliphatic rings. The molecule has 0 fully saturated rings. The van der Waals surface area contributed by atoms with E-state index in [2.05, 4.69) is 152 Å². The molecule has 3 atom stereocenters. The van der Waals surface area contributed by atoms with Crippen molar-refractivity contribution in [3.8, 4) is 11.1 Å². The zero-order valence-electron chi connectivity index (χ0n) is 31.0. The van der Waals surface area contributed by atoms with Crippen LogP contribution in [0.2, 0.25) is 0 Å². The Labute approximate surface area is 327 Å². The first-order valence-electron chi connectivity index (χ1n) is 20.1. The van der Waals surface area contributed by atoms with Crippen LogP contribution < -0.4 is 4.90 Å². The monoisotopic (exact) mass is 733 g/mol. The van der Waals surface area contributed by atoms with Crippen LogP contribution in [0, 0.1) is 0 Å². The Balaban J connectivity index is 0.922. The Morgan fingerprint density at radius 2 is 1.61 bits per heavy atom. The van der Waals surface area contributed by atoms with Crippen molar-refractivity contribution in [2.75, 3.05) is 4.90 Å². The van der Waals surface area contributed by atoms with Crippen molar-refractivity contribution in [1.29, 1.82) is 0 Å². The lowest BCUT2D eigenvalue weighted by Gasteiger charge is -2.36. The summed E-state index contributed by atoms with van der Waals surface area (Å²) in [7, 11) is 0. The first kappa shape index (κ1) is 31.7. The SMILES string of the molecule is CC1(C)c2ccccc2-c2cc3c(cc21)N(C1C=CC=CC1)C1CC=C(C2=CCC4SC5=C(C=C(c6cccc7c8c(sc67)CCC=C8)CC5)C4=C2)C=C31. The van der Waals surface area contributed by atoms with E-state index in [-0.39, 0.29) is 5.41 Å². The van der Waals surface area contributed by atoms with Gasteiger partial charge in [-0.05, 0) is 147 Å². The third kappa shape index (κ3) is 4.52. The highest BCUT2D eigenvalue weighted by Crippen LogP contribution is 2.57. The molecule has 54 heavy (non-hydrogen) atoms. The van der Waals surface area contributed by atoms with Gasteiger partial charge in [-0.3, -0.25) is 0 Å². The summed E-state index contributed by atoms with van der Waals surface area (Å²) in [5, 5.41) is 1.98. The molecule has 2 aliphatic heterocycles. The second kappa shape index (κ2) is 11.7. The average molecular weight is 734 g/mol. The maximum atomic E-state index is 2.76. The van der Waals surface area contributed by atoms with Crippen molar-refractivity contribution in [1.82, 2.24) is 0 Å². The van der Waals surface area contributed by atoms with Crippen LogP contribution >= 0.6 is 23.1 Å². The van der Waals surface area contributed by atoms with E-state index in [1.54, 1.807) is 15.4 Å². The maximum Gasteiger partial charge on any atom is 0.0590 e. The number of nitrogens with zero attached hydrogens (tertiary/aromatic N) is 1. The van der Waals surface area contributed by atoms with E-state index in [0.717, 1.165) is 32.1 Å². The zero-order valence-corrected chi connectivity index (χ0v) is 32.6. The summed E-state index contributed by atoms with van der Waals surface area (Å²) in [4.78, 5) is 5.93. The number of aryl methyl sites for hydroxylation is 1. The molecule has 0 N–H and O–H groups in total. The van der Waals surface area contributed by atoms with Crippen LogP contribution in [-0.4, -0.2) is 17.3 Å². The molecule has 0 saturated carbocycles. The standard InChI is InChI=1S/C51H43NS2/c1-51(2)43-17-8-6-13-35(43)38-28-40-39-25-30(19-22-45(39)52(46(40)29-44(38)51)33-11-4-3-5-12-33)31-20-23-48-41(26-31)42-27-32(21-24-49(42)53-48)34-15-10-16-37-36-14-7-9-18-47(36)54-50(34)37/h3-8,10-11,13-17,19-20,25-29,33,45,48H,9,12,18,21-24H2,1-2H3. The highest BCUT2D eigenvalue weighted by Gasteiger charge is 2.43. The molecule has 3 unspecified atom stereocenters. The van der Waals surface area contributed by atoms with Crippen molar-refractivity contribution >= 4 is 56.1 Å². The molecule has 264 valence electrons. The summed E-state index contributed by atoms with van der Waals surface area (Å²) >= 11 is 4.18. The number of benzene rings is 3.